The van der Waals surface area contributed by atoms with E-state index in [9.17, 15) is 0 Å². The lowest BCUT2D eigenvalue weighted by molar-refractivity contribution is 0.0486. The Bertz CT molecular complexity index is 415. The maximum absolute atomic E-state index is 6.24. The van der Waals surface area contributed by atoms with Crippen LogP contribution in [0.15, 0.2) is 24.3 Å². The van der Waals surface area contributed by atoms with E-state index in [-0.39, 0.29) is 0 Å². The van der Waals surface area contributed by atoms with Crippen LogP contribution in [0.1, 0.15) is 38.5 Å². The van der Waals surface area contributed by atoms with Crippen molar-refractivity contribution in [2.24, 2.45) is 0 Å². The number of nitrogens with zero attached hydrogens (tertiary/aromatic N) is 1. The van der Waals surface area contributed by atoms with Crippen LogP contribution in [0.4, 0.5) is 5.69 Å². The van der Waals surface area contributed by atoms with Gasteiger partial charge in [-0.25, -0.2) is 0 Å². The van der Waals surface area contributed by atoms with Crippen molar-refractivity contribution in [1.82, 2.24) is 4.90 Å². The summed E-state index contributed by atoms with van der Waals surface area (Å²) >= 11 is 0. The summed E-state index contributed by atoms with van der Waals surface area (Å²) in [6, 6.07) is 8.45. The SMILES string of the molecule is Nc1cccc(OC2CCCCC2N2CCCC2)c1. The molecule has 1 saturated carbocycles. The van der Waals surface area contributed by atoms with Crippen molar-refractivity contribution in [1.29, 1.82) is 0 Å². The normalized spacial score (nSPS) is 28.4. The van der Waals surface area contributed by atoms with Gasteiger partial charge in [0.1, 0.15) is 11.9 Å². The standard InChI is InChI=1S/C16H24N2O/c17-13-6-5-7-14(12-13)19-16-9-2-1-8-15(16)18-10-3-4-11-18/h5-7,12,15-16H,1-4,8-11,17H2. The summed E-state index contributed by atoms with van der Waals surface area (Å²) in [4.78, 5) is 2.64. The number of anilines is 1. The van der Waals surface area contributed by atoms with Crippen molar-refractivity contribution < 1.29 is 4.74 Å². The number of benzene rings is 1. The van der Waals surface area contributed by atoms with Crippen molar-refractivity contribution in [2.75, 3.05) is 18.8 Å². The smallest absolute Gasteiger partial charge is 0.121 e. The minimum atomic E-state index is 0.341. The Morgan fingerprint density at radius 1 is 1.05 bits per heavy atom. The van der Waals surface area contributed by atoms with Gasteiger partial charge >= 0.3 is 0 Å². The zero-order chi connectivity index (χ0) is 13.1. The van der Waals surface area contributed by atoms with Crippen LogP contribution in [0.2, 0.25) is 0 Å². The van der Waals surface area contributed by atoms with Gasteiger partial charge < -0.3 is 10.5 Å². The average Bonchev–Trinajstić information content (AvgIpc) is 2.93. The van der Waals surface area contributed by atoms with Crippen LogP contribution >= 0.6 is 0 Å². The zero-order valence-corrected chi connectivity index (χ0v) is 11.6. The Hall–Kier alpha value is -1.22. The lowest BCUT2D eigenvalue weighted by Crippen LogP contribution is -2.46. The number of likely N-dealkylation sites (tertiary alicyclic amines) is 1. The van der Waals surface area contributed by atoms with Gasteiger partial charge in [-0.1, -0.05) is 12.5 Å². The highest BCUT2D eigenvalue weighted by molar-refractivity contribution is 5.43. The highest BCUT2D eigenvalue weighted by atomic mass is 16.5. The summed E-state index contributed by atoms with van der Waals surface area (Å²) in [6.07, 6.45) is 8.13. The van der Waals surface area contributed by atoms with Gasteiger partial charge in [-0.05, 0) is 57.3 Å². The molecule has 1 aromatic carbocycles. The summed E-state index contributed by atoms with van der Waals surface area (Å²) < 4.78 is 6.24. The first kappa shape index (κ1) is 12.8. The van der Waals surface area contributed by atoms with E-state index in [2.05, 4.69) is 4.90 Å². The quantitative estimate of drug-likeness (QED) is 0.849. The maximum atomic E-state index is 6.24. The zero-order valence-electron chi connectivity index (χ0n) is 11.6. The molecular weight excluding hydrogens is 236 g/mol. The molecule has 2 N–H and O–H groups in total. The fourth-order valence-electron chi connectivity index (χ4n) is 3.47. The molecule has 2 fully saturated rings. The Morgan fingerprint density at radius 3 is 2.63 bits per heavy atom. The van der Waals surface area contributed by atoms with E-state index >= 15 is 0 Å². The first-order chi connectivity index (χ1) is 9.33. The lowest BCUT2D eigenvalue weighted by Gasteiger charge is -2.37. The summed E-state index contributed by atoms with van der Waals surface area (Å²) in [5.74, 6) is 0.927. The molecule has 0 radical (unpaired) electrons. The van der Waals surface area contributed by atoms with Crippen LogP contribution in [0.5, 0.6) is 5.75 Å². The van der Waals surface area contributed by atoms with Crippen LogP contribution in [0.25, 0.3) is 0 Å². The number of rotatable bonds is 3. The van der Waals surface area contributed by atoms with Crippen molar-refractivity contribution in [3.63, 3.8) is 0 Å². The van der Waals surface area contributed by atoms with Gasteiger partial charge in [-0.15, -0.1) is 0 Å². The third-order valence-corrected chi connectivity index (χ3v) is 4.42. The van der Waals surface area contributed by atoms with E-state index in [4.69, 9.17) is 10.5 Å². The highest BCUT2D eigenvalue weighted by Crippen LogP contribution is 2.29. The maximum Gasteiger partial charge on any atom is 0.121 e. The Labute approximate surface area is 115 Å². The molecule has 3 heteroatoms. The second-order valence-electron chi connectivity index (χ2n) is 5.82. The lowest BCUT2D eigenvalue weighted by atomic mass is 9.91. The van der Waals surface area contributed by atoms with Crippen LogP contribution in [-0.4, -0.2) is 30.1 Å². The summed E-state index contributed by atoms with van der Waals surface area (Å²) in [7, 11) is 0. The van der Waals surface area contributed by atoms with E-state index < -0.39 is 0 Å². The van der Waals surface area contributed by atoms with Gasteiger partial charge in [0.15, 0.2) is 0 Å². The van der Waals surface area contributed by atoms with Crippen molar-refractivity contribution in [3.05, 3.63) is 24.3 Å². The Morgan fingerprint density at radius 2 is 1.84 bits per heavy atom. The van der Waals surface area contributed by atoms with Gasteiger partial charge in [0.05, 0.1) is 0 Å². The van der Waals surface area contributed by atoms with Gasteiger partial charge in [-0.3, -0.25) is 4.90 Å². The van der Waals surface area contributed by atoms with Gasteiger partial charge in [-0.2, -0.15) is 0 Å². The summed E-state index contributed by atoms with van der Waals surface area (Å²) in [6.45, 7) is 2.50. The number of hydrogen-bond donors (Lipinski definition) is 1. The fraction of sp³-hybridized carbons (Fsp3) is 0.625. The Kier molecular flexibility index (Phi) is 3.92. The van der Waals surface area contributed by atoms with Gasteiger partial charge in [0, 0.05) is 17.8 Å². The molecule has 0 spiro atoms. The first-order valence-corrected chi connectivity index (χ1v) is 7.59. The summed E-state index contributed by atoms with van der Waals surface area (Å²) in [5.41, 5.74) is 6.61. The van der Waals surface area contributed by atoms with Crippen LogP contribution in [0.3, 0.4) is 0 Å². The van der Waals surface area contributed by atoms with Crippen LogP contribution < -0.4 is 10.5 Å². The average molecular weight is 260 g/mol. The molecule has 3 rings (SSSR count). The van der Waals surface area contributed by atoms with Crippen molar-refractivity contribution in [2.45, 2.75) is 50.7 Å². The van der Waals surface area contributed by atoms with Crippen molar-refractivity contribution >= 4 is 5.69 Å². The predicted octanol–water partition coefficient (Wildman–Crippen LogP) is 3.05. The third kappa shape index (κ3) is 3.03. The molecule has 1 aliphatic carbocycles. The topological polar surface area (TPSA) is 38.5 Å². The van der Waals surface area contributed by atoms with Crippen molar-refractivity contribution in [3.8, 4) is 5.75 Å². The molecule has 3 nitrogen and oxygen atoms in total. The number of hydrogen-bond acceptors (Lipinski definition) is 3. The van der Waals surface area contributed by atoms with E-state index in [0.29, 0.717) is 12.1 Å². The third-order valence-electron chi connectivity index (χ3n) is 4.42. The molecule has 1 saturated heterocycles. The molecule has 1 heterocycles. The van der Waals surface area contributed by atoms with Gasteiger partial charge in [0.25, 0.3) is 0 Å². The molecule has 19 heavy (non-hydrogen) atoms. The molecule has 1 aliphatic heterocycles. The molecular formula is C16H24N2O. The second kappa shape index (κ2) is 5.83. The van der Waals surface area contributed by atoms with Gasteiger partial charge in [0.2, 0.25) is 0 Å². The molecule has 0 bridgehead atoms. The minimum Gasteiger partial charge on any atom is -0.489 e. The first-order valence-electron chi connectivity index (χ1n) is 7.59. The molecule has 2 aliphatic rings. The molecule has 0 amide bonds. The Balaban J connectivity index is 1.69. The van der Waals surface area contributed by atoms with E-state index in [1.165, 1.54) is 51.6 Å². The molecule has 104 valence electrons. The monoisotopic (exact) mass is 260 g/mol. The number of ether oxygens (including phenoxy) is 1. The molecule has 0 aromatic heterocycles. The fourth-order valence-corrected chi connectivity index (χ4v) is 3.47. The minimum absolute atomic E-state index is 0.341. The number of nitrogens with two attached hydrogens (primary N) is 1. The molecule has 1 aromatic rings. The van der Waals surface area contributed by atoms with E-state index in [0.717, 1.165) is 11.4 Å². The largest absolute Gasteiger partial charge is 0.489 e. The van der Waals surface area contributed by atoms with E-state index in [1.54, 1.807) is 0 Å². The molecule has 2 unspecified atom stereocenters. The summed E-state index contributed by atoms with van der Waals surface area (Å²) in [5, 5.41) is 0. The van der Waals surface area contributed by atoms with E-state index in [1.807, 2.05) is 24.3 Å². The molecule has 2 atom stereocenters. The predicted molar refractivity (Wildman–Crippen MR) is 78.3 cm³/mol. The number of nitrogen functional groups attached to an aromatic ring is 1. The van der Waals surface area contributed by atoms with Crippen LogP contribution in [0, 0.1) is 0 Å². The van der Waals surface area contributed by atoms with Crippen LogP contribution in [-0.2, 0) is 0 Å². The highest BCUT2D eigenvalue weighted by Gasteiger charge is 2.32. The second-order valence-corrected chi connectivity index (χ2v) is 5.82.